The minimum Gasteiger partial charge on any atom is -0.493 e. The maximum Gasteiger partial charge on any atom is 0.203 e. The van der Waals surface area contributed by atoms with Crippen molar-refractivity contribution >= 4 is 21.7 Å². The van der Waals surface area contributed by atoms with Crippen LogP contribution < -0.4 is 14.2 Å². The van der Waals surface area contributed by atoms with Crippen molar-refractivity contribution in [1.29, 1.82) is 0 Å². The molecule has 2 aromatic rings. The standard InChI is InChI=1S/C19H19BrO4/c1-11-10-14-15(8-9-16(22-2)19(14)23-3)24-18(11)17(21)12-4-6-13(20)7-5-12/h4-9,11,18H,10H2,1-3H3/t11-,18-/m1/s1. The number of hydrogen-bond acceptors (Lipinski definition) is 4. The first-order valence-corrected chi connectivity index (χ1v) is 8.54. The Balaban J connectivity index is 1.92. The summed E-state index contributed by atoms with van der Waals surface area (Å²) in [6.07, 6.45) is 0.194. The number of methoxy groups -OCH3 is 2. The first-order chi connectivity index (χ1) is 11.5. The normalized spacial score (nSPS) is 19.2. The van der Waals surface area contributed by atoms with Crippen LogP contribution in [0.2, 0.25) is 0 Å². The molecule has 0 unspecified atom stereocenters. The van der Waals surface area contributed by atoms with Crippen molar-refractivity contribution in [3.63, 3.8) is 0 Å². The average molecular weight is 391 g/mol. The Kier molecular flexibility index (Phi) is 4.81. The summed E-state index contributed by atoms with van der Waals surface area (Å²) in [7, 11) is 3.22. The lowest BCUT2D eigenvalue weighted by molar-refractivity contribution is 0.0647. The molecule has 0 saturated carbocycles. The highest BCUT2D eigenvalue weighted by molar-refractivity contribution is 9.10. The molecule has 1 aliphatic heterocycles. The van der Waals surface area contributed by atoms with Crippen molar-refractivity contribution in [2.24, 2.45) is 5.92 Å². The fraction of sp³-hybridized carbons (Fsp3) is 0.316. The second-order valence-electron chi connectivity index (χ2n) is 5.87. The number of halogens is 1. The number of carbonyl (C=O) groups excluding carboxylic acids is 1. The van der Waals surface area contributed by atoms with E-state index in [0.29, 0.717) is 29.2 Å². The lowest BCUT2D eigenvalue weighted by Gasteiger charge is -2.32. The summed E-state index contributed by atoms with van der Waals surface area (Å²) in [6.45, 7) is 2.02. The van der Waals surface area contributed by atoms with E-state index in [2.05, 4.69) is 15.9 Å². The summed E-state index contributed by atoms with van der Waals surface area (Å²) >= 11 is 3.38. The zero-order valence-electron chi connectivity index (χ0n) is 13.8. The van der Waals surface area contributed by atoms with Crippen molar-refractivity contribution in [2.45, 2.75) is 19.4 Å². The molecule has 2 atom stereocenters. The Labute approximate surface area is 149 Å². The van der Waals surface area contributed by atoms with Gasteiger partial charge in [-0.25, -0.2) is 0 Å². The molecule has 0 N–H and O–H groups in total. The molecule has 0 aromatic heterocycles. The van der Waals surface area contributed by atoms with Gasteiger partial charge in [-0.05, 0) is 30.7 Å². The number of Topliss-reactive ketones (excluding diaryl/α,β-unsaturated/α-hetero) is 1. The van der Waals surface area contributed by atoms with Crippen LogP contribution in [-0.2, 0) is 6.42 Å². The Morgan fingerprint density at radius 1 is 1.12 bits per heavy atom. The van der Waals surface area contributed by atoms with Crippen LogP contribution >= 0.6 is 15.9 Å². The van der Waals surface area contributed by atoms with Gasteiger partial charge < -0.3 is 14.2 Å². The van der Waals surface area contributed by atoms with E-state index in [4.69, 9.17) is 14.2 Å². The Hall–Kier alpha value is -2.01. The summed E-state index contributed by atoms with van der Waals surface area (Å²) in [5, 5.41) is 0. The molecule has 0 bridgehead atoms. The summed E-state index contributed by atoms with van der Waals surface area (Å²) in [6, 6.07) is 11.0. The molecule has 0 spiro atoms. The molecule has 0 radical (unpaired) electrons. The molecule has 0 amide bonds. The zero-order valence-corrected chi connectivity index (χ0v) is 15.4. The van der Waals surface area contributed by atoms with E-state index in [-0.39, 0.29) is 11.7 Å². The molecule has 1 aliphatic rings. The van der Waals surface area contributed by atoms with Gasteiger partial charge >= 0.3 is 0 Å². The van der Waals surface area contributed by atoms with Gasteiger partial charge in [-0.3, -0.25) is 4.79 Å². The van der Waals surface area contributed by atoms with E-state index in [1.807, 2.05) is 37.3 Å². The Bertz CT molecular complexity index is 755. The lowest BCUT2D eigenvalue weighted by Crippen LogP contribution is -2.38. The number of benzene rings is 2. The van der Waals surface area contributed by atoms with Gasteiger partial charge in [0.2, 0.25) is 5.78 Å². The highest BCUT2D eigenvalue weighted by Gasteiger charge is 2.35. The van der Waals surface area contributed by atoms with Gasteiger partial charge in [0, 0.05) is 21.5 Å². The van der Waals surface area contributed by atoms with Gasteiger partial charge in [-0.1, -0.05) is 35.0 Å². The first-order valence-electron chi connectivity index (χ1n) is 7.75. The van der Waals surface area contributed by atoms with Crippen molar-refractivity contribution in [3.05, 3.63) is 52.0 Å². The highest BCUT2D eigenvalue weighted by atomic mass is 79.9. The minimum absolute atomic E-state index is 0.00423. The quantitative estimate of drug-likeness (QED) is 0.730. The van der Waals surface area contributed by atoms with Crippen LogP contribution in [0, 0.1) is 5.92 Å². The van der Waals surface area contributed by atoms with Crippen molar-refractivity contribution in [2.75, 3.05) is 14.2 Å². The van der Waals surface area contributed by atoms with E-state index < -0.39 is 6.10 Å². The van der Waals surface area contributed by atoms with Crippen LogP contribution in [0.1, 0.15) is 22.8 Å². The number of ketones is 1. The maximum absolute atomic E-state index is 12.8. The lowest BCUT2D eigenvalue weighted by atomic mass is 9.87. The summed E-state index contributed by atoms with van der Waals surface area (Å²) in [5.41, 5.74) is 1.60. The van der Waals surface area contributed by atoms with E-state index in [1.165, 1.54) is 0 Å². The fourth-order valence-electron chi connectivity index (χ4n) is 3.05. The summed E-state index contributed by atoms with van der Waals surface area (Å²) in [4.78, 5) is 12.8. The molecule has 4 nitrogen and oxygen atoms in total. The number of fused-ring (bicyclic) bond motifs is 1. The summed E-state index contributed by atoms with van der Waals surface area (Å²) < 4.78 is 17.8. The zero-order chi connectivity index (χ0) is 17.3. The molecule has 0 saturated heterocycles. The molecule has 0 aliphatic carbocycles. The largest absolute Gasteiger partial charge is 0.493 e. The molecule has 2 aromatic carbocycles. The van der Waals surface area contributed by atoms with Crippen LogP contribution in [-0.4, -0.2) is 26.1 Å². The fourth-order valence-corrected chi connectivity index (χ4v) is 3.31. The van der Waals surface area contributed by atoms with Gasteiger partial charge in [0.1, 0.15) is 5.75 Å². The van der Waals surface area contributed by atoms with E-state index in [1.54, 1.807) is 20.3 Å². The Morgan fingerprint density at radius 2 is 1.83 bits per heavy atom. The third-order valence-corrected chi connectivity index (χ3v) is 4.82. The smallest absolute Gasteiger partial charge is 0.203 e. The monoisotopic (exact) mass is 390 g/mol. The minimum atomic E-state index is -0.503. The second kappa shape index (κ2) is 6.85. The third kappa shape index (κ3) is 3.00. The molecule has 5 heteroatoms. The summed E-state index contributed by atoms with van der Waals surface area (Å²) in [5.74, 6) is 2.06. The SMILES string of the molecule is COc1ccc2c(c1OC)C[C@@H](C)[C@H](C(=O)c1ccc(Br)cc1)O2. The van der Waals surface area contributed by atoms with Crippen LogP contribution in [0.15, 0.2) is 40.9 Å². The number of ether oxygens (including phenoxy) is 3. The van der Waals surface area contributed by atoms with Gasteiger partial charge in [-0.15, -0.1) is 0 Å². The highest BCUT2D eigenvalue weighted by Crippen LogP contribution is 2.42. The number of carbonyl (C=O) groups is 1. The topological polar surface area (TPSA) is 44.8 Å². The first kappa shape index (κ1) is 16.8. The predicted molar refractivity (Wildman–Crippen MR) is 95.3 cm³/mol. The molecular formula is C19H19BrO4. The van der Waals surface area contributed by atoms with Gasteiger partial charge in [0.25, 0.3) is 0 Å². The van der Waals surface area contributed by atoms with E-state index in [0.717, 1.165) is 10.0 Å². The molecule has 24 heavy (non-hydrogen) atoms. The molecule has 126 valence electrons. The average Bonchev–Trinajstić information content (AvgIpc) is 2.60. The van der Waals surface area contributed by atoms with Crippen molar-refractivity contribution in [1.82, 2.24) is 0 Å². The van der Waals surface area contributed by atoms with E-state index >= 15 is 0 Å². The van der Waals surface area contributed by atoms with E-state index in [9.17, 15) is 4.79 Å². The van der Waals surface area contributed by atoms with Crippen LogP contribution in [0.3, 0.4) is 0 Å². The molecule has 3 rings (SSSR count). The van der Waals surface area contributed by atoms with Crippen molar-refractivity contribution < 1.29 is 19.0 Å². The Morgan fingerprint density at radius 3 is 2.46 bits per heavy atom. The predicted octanol–water partition coefficient (Wildman–Crippen LogP) is 4.29. The molecular weight excluding hydrogens is 372 g/mol. The molecule has 0 fully saturated rings. The van der Waals surface area contributed by atoms with Gasteiger partial charge in [-0.2, -0.15) is 0 Å². The van der Waals surface area contributed by atoms with Crippen LogP contribution in [0.25, 0.3) is 0 Å². The van der Waals surface area contributed by atoms with Crippen LogP contribution in [0.4, 0.5) is 0 Å². The van der Waals surface area contributed by atoms with Crippen molar-refractivity contribution in [3.8, 4) is 17.2 Å². The molecule has 1 heterocycles. The van der Waals surface area contributed by atoms with Gasteiger partial charge in [0.15, 0.2) is 17.6 Å². The maximum atomic E-state index is 12.8. The number of hydrogen-bond donors (Lipinski definition) is 0. The second-order valence-corrected chi connectivity index (χ2v) is 6.78. The third-order valence-electron chi connectivity index (χ3n) is 4.29. The number of rotatable bonds is 4. The van der Waals surface area contributed by atoms with Gasteiger partial charge in [0.05, 0.1) is 14.2 Å². The van der Waals surface area contributed by atoms with Crippen LogP contribution in [0.5, 0.6) is 17.2 Å².